The third-order valence-corrected chi connectivity index (χ3v) is 5.23. The second-order valence-electron chi connectivity index (χ2n) is 7.70. The number of carbonyl (C=O) groups is 1. The van der Waals surface area contributed by atoms with Crippen LogP contribution in [-0.4, -0.2) is 24.7 Å². The van der Waals surface area contributed by atoms with Gasteiger partial charge in [0.1, 0.15) is 22.8 Å². The van der Waals surface area contributed by atoms with Crippen molar-refractivity contribution in [1.82, 2.24) is 5.32 Å². The molecule has 1 aliphatic heterocycles. The molecule has 0 fully saturated rings. The minimum absolute atomic E-state index is 0.171. The molecule has 2 atom stereocenters. The van der Waals surface area contributed by atoms with E-state index in [0.717, 1.165) is 22.6 Å². The van der Waals surface area contributed by atoms with Gasteiger partial charge in [0.2, 0.25) is 0 Å². The van der Waals surface area contributed by atoms with Crippen molar-refractivity contribution in [3.63, 3.8) is 0 Å². The van der Waals surface area contributed by atoms with Gasteiger partial charge in [-0.3, -0.25) is 4.79 Å². The number of methoxy groups -OCH3 is 1. The molecule has 5 nitrogen and oxygen atoms in total. The Balaban J connectivity index is 1.74. The standard InChI is InChI=1S/C22H26ClNO4/c1-13-10-16(7-9-18(13)23)27-14(2)21(25)24-19-12-22(3,4)28-20-11-15(26-5)6-8-17(19)20/h6-11,14,19H,12H2,1-5H3,(H,24,25)/t14-,19-/m0/s1. The highest BCUT2D eigenvalue weighted by Gasteiger charge is 2.35. The number of halogens is 1. The zero-order valence-corrected chi connectivity index (χ0v) is 17.6. The summed E-state index contributed by atoms with van der Waals surface area (Å²) in [7, 11) is 1.62. The van der Waals surface area contributed by atoms with Crippen molar-refractivity contribution in [1.29, 1.82) is 0 Å². The molecule has 3 rings (SSSR count). The Hall–Kier alpha value is -2.40. The third kappa shape index (κ3) is 4.53. The second-order valence-corrected chi connectivity index (χ2v) is 8.11. The fourth-order valence-electron chi connectivity index (χ4n) is 3.32. The first-order chi connectivity index (χ1) is 13.2. The Labute approximate surface area is 170 Å². The van der Waals surface area contributed by atoms with Crippen molar-refractivity contribution in [2.45, 2.75) is 51.9 Å². The van der Waals surface area contributed by atoms with Crippen LogP contribution in [0.1, 0.15) is 44.4 Å². The number of rotatable bonds is 5. The Kier molecular flexibility index (Phi) is 5.75. The maximum absolute atomic E-state index is 12.8. The van der Waals surface area contributed by atoms with Gasteiger partial charge in [-0.2, -0.15) is 0 Å². The van der Waals surface area contributed by atoms with E-state index in [1.165, 1.54) is 0 Å². The molecule has 2 aromatic carbocycles. The Morgan fingerprint density at radius 1 is 1.25 bits per heavy atom. The molecule has 1 heterocycles. The van der Waals surface area contributed by atoms with E-state index in [4.69, 9.17) is 25.8 Å². The Bertz CT molecular complexity index is 881. The molecule has 6 heteroatoms. The molecule has 0 bridgehead atoms. The van der Waals surface area contributed by atoms with E-state index in [-0.39, 0.29) is 11.9 Å². The minimum atomic E-state index is -0.645. The molecule has 28 heavy (non-hydrogen) atoms. The van der Waals surface area contributed by atoms with Crippen LogP contribution < -0.4 is 19.5 Å². The quantitative estimate of drug-likeness (QED) is 0.775. The first-order valence-corrected chi connectivity index (χ1v) is 9.66. The number of hydrogen-bond acceptors (Lipinski definition) is 4. The highest BCUT2D eigenvalue weighted by atomic mass is 35.5. The summed E-state index contributed by atoms with van der Waals surface area (Å²) in [4.78, 5) is 12.8. The van der Waals surface area contributed by atoms with E-state index in [2.05, 4.69) is 5.32 Å². The largest absolute Gasteiger partial charge is 0.497 e. The van der Waals surface area contributed by atoms with Gasteiger partial charge in [-0.1, -0.05) is 11.6 Å². The molecule has 2 aromatic rings. The summed E-state index contributed by atoms with van der Waals surface area (Å²) in [6.45, 7) is 7.64. The van der Waals surface area contributed by atoms with E-state index in [0.29, 0.717) is 17.2 Å². The molecule has 0 saturated carbocycles. The van der Waals surface area contributed by atoms with Gasteiger partial charge in [0.15, 0.2) is 6.10 Å². The number of nitrogens with one attached hydrogen (secondary N) is 1. The summed E-state index contributed by atoms with van der Waals surface area (Å²) in [5.74, 6) is 1.87. The van der Waals surface area contributed by atoms with Crippen LogP contribution in [0.5, 0.6) is 17.2 Å². The molecule has 1 N–H and O–H groups in total. The number of fused-ring (bicyclic) bond motifs is 1. The molecular formula is C22H26ClNO4. The highest BCUT2D eigenvalue weighted by molar-refractivity contribution is 6.31. The number of aryl methyl sites for hydroxylation is 1. The van der Waals surface area contributed by atoms with Gasteiger partial charge in [0, 0.05) is 23.1 Å². The van der Waals surface area contributed by atoms with E-state index in [9.17, 15) is 4.79 Å². The zero-order chi connectivity index (χ0) is 20.5. The molecule has 150 valence electrons. The van der Waals surface area contributed by atoms with Crippen LogP contribution in [0.15, 0.2) is 36.4 Å². The first-order valence-electron chi connectivity index (χ1n) is 9.28. The summed E-state index contributed by atoms with van der Waals surface area (Å²) in [5.41, 5.74) is 1.43. The van der Waals surface area contributed by atoms with Crippen molar-refractivity contribution >= 4 is 17.5 Å². The predicted octanol–water partition coefficient (Wildman–Crippen LogP) is 4.84. The molecule has 0 spiro atoms. The van der Waals surface area contributed by atoms with Crippen LogP contribution in [0.25, 0.3) is 0 Å². The maximum atomic E-state index is 12.8. The van der Waals surface area contributed by atoms with E-state index < -0.39 is 11.7 Å². The predicted molar refractivity (Wildman–Crippen MR) is 109 cm³/mol. The van der Waals surface area contributed by atoms with Crippen LogP contribution >= 0.6 is 11.6 Å². The van der Waals surface area contributed by atoms with Crippen molar-refractivity contribution in [2.75, 3.05) is 7.11 Å². The average Bonchev–Trinajstić information content (AvgIpc) is 2.63. The molecule has 0 aliphatic carbocycles. The SMILES string of the molecule is COc1ccc2c(c1)OC(C)(C)C[C@@H]2NC(=O)[C@H](C)Oc1ccc(Cl)c(C)c1. The monoisotopic (exact) mass is 403 g/mol. The summed E-state index contributed by atoms with van der Waals surface area (Å²) < 4.78 is 17.2. The Morgan fingerprint density at radius 2 is 1.96 bits per heavy atom. The lowest BCUT2D eigenvalue weighted by Crippen LogP contribution is -2.44. The van der Waals surface area contributed by atoms with Crippen LogP contribution in [0.3, 0.4) is 0 Å². The maximum Gasteiger partial charge on any atom is 0.261 e. The number of carbonyl (C=O) groups excluding carboxylic acids is 1. The molecule has 1 aliphatic rings. The van der Waals surface area contributed by atoms with Gasteiger partial charge < -0.3 is 19.5 Å². The smallest absolute Gasteiger partial charge is 0.261 e. The van der Waals surface area contributed by atoms with Gasteiger partial charge >= 0.3 is 0 Å². The fourth-order valence-corrected chi connectivity index (χ4v) is 3.44. The van der Waals surface area contributed by atoms with E-state index >= 15 is 0 Å². The van der Waals surface area contributed by atoms with E-state index in [1.807, 2.05) is 45.0 Å². The topological polar surface area (TPSA) is 56.8 Å². The van der Waals surface area contributed by atoms with Gasteiger partial charge in [-0.15, -0.1) is 0 Å². The molecular weight excluding hydrogens is 378 g/mol. The van der Waals surface area contributed by atoms with Crippen molar-refractivity contribution < 1.29 is 19.0 Å². The summed E-state index contributed by atoms with van der Waals surface area (Å²) in [6.07, 6.45) is 0.0124. The van der Waals surface area contributed by atoms with Gasteiger partial charge in [-0.25, -0.2) is 0 Å². The number of amides is 1. The van der Waals surface area contributed by atoms with Gasteiger partial charge in [-0.05, 0) is 63.6 Å². The fraction of sp³-hybridized carbons (Fsp3) is 0.409. The van der Waals surface area contributed by atoms with Crippen LogP contribution in [0.4, 0.5) is 0 Å². The molecule has 0 saturated heterocycles. The lowest BCUT2D eigenvalue weighted by Gasteiger charge is -2.38. The van der Waals surface area contributed by atoms with Gasteiger partial charge in [0.25, 0.3) is 5.91 Å². The summed E-state index contributed by atoms with van der Waals surface area (Å²) in [5, 5.41) is 3.77. The lowest BCUT2D eigenvalue weighted by molar-refractivity contribution is -0.128. The average molecular weight is 404 g/mol. The van der Waals surface area contributed by atoms with Crippen molar-refractivity contribution in [3.8, 4) is 17.2 Å². The number of ether oxygens (including phenoxy) is 3. The first kappa shape index (κ1) is 20.3. The van der Waals surface area contributed by atoms with Crippen LogP contribution in [-0.2, 0) is 4.79 Å². The zero-order valence-electron chi connectivity index (χ0n) is 16.8. The van der Waals surface area contributed by atoms with Crippen molar-refractivity contribution in [3.05, 3.63) is 52.5 Å². The minimum Gasteiger partial charge on any atom is -0.497 e. The van der Waals surface area contributed by atoms with Gasteiger partial charge in [0.05, 0.1) is 13.2 Å². The molecule has 1 amide bonds. The Morgan fingerprint density at radius 3 is 2.64 bits per heavy atom. The van der Waals surface area contributed by atoms with E-state index in [1.54, 1.807) is 26.2 Å². The lowest BCUT2D eigenvalue weighted by atomic mass is 9.89. The third-order valence-electron chi connectivity index (χ3n) is 4.81. The number of benzene rings is 2. The second kappa shape index (κ2) is 7.92. The van der Waals surface area contributed by atoms with Crippen molar-refractivity contribution in [2.24, 2.45) is 0 Å². The summed E-state index contributed by atoms with van der Waals surface area (Å²) >= 11 is 6.05. The van der Waals surface area contributed by atoms with Crippen LogP contribution in [0, 0.1) is 6.92 Å². The number of hydrogen-bond donors (Lipinski definition) is 1. The normalized spacial score (nSPS) is 18.4. The molecule has 0 unspecified atom stereocenters. The molecule has 0 radical (unpaired) electrons. The van der Waals surface area contributed by atoms with Crippen LogP contribution in [0.2, 0.25) is 5.02 Å². The summed E-state index contributed by atoms with van der Waals surface area (Å²) in [6, 6.07) is 10.8. The molecule has 0 aromatic heterocycles. The highest BCUT2D eigenvalue weighted by Crippen LogP contribution is 2.41.